The molecule has 2 aromatic heterocycles. The molecule has 0 radical (unpaired) electrons. The normalized spacial score (nSPS) is 11.0. The molecule has 3 aromatic rings. The monoisotopic (exact) mass is 330 g/mol. The van der Waals surface area contributed by atoms with E-state index in [4.69, 9.17) is 12.2 Å². The first kappa shape index (κ1) is 15.2. The fourth-order valence-corrected chi connectivity index (χ4v) is 2.75. The number of carbonyl (C=O) groups is 1. The van der Waals surface area contributed by atoms with Crippen molar-refractivity contribution in [1.82, 2.24) is 18.7 Å². The first-order chi connectivity index (χ1) is 10.9. The fourth-order valence-electron chi connectivity index (χ4n) is 2.49. The molecule has 3 rings (SSSR count). The van der Waals surface area contributed by atoms with Crippen molar-refractivity contribution in [3.05, 3.63) is 61.5 Å². The molecule has 0 fully saturated rings. The molecule has 0 bridgehead atoms. The number of aryl methyl sites for hydroxylation is 1. The molecule has 0 unspecified atom stereocenters. The third-order valence-electron chi connectivity index (χ3n) is 3.78. The van der Waals surface area contributed by atoms with Gasteiger partial charge in [0.25, 0.3) is 5.56 Å². The lowest BCUT2D eigenvalue weighted by Gasteiger charge is -2.06. The Morgan fingerprint density at radius 1 is 1.13 bits per heavy atom. The number of nitrogens with zero attached hydrogens (tertiary/aromatic N) is 3. The summed E-state index contributed by atoms with van der Waals surface area (Å²) in [5, 5.41) is 0. The van der Waals surface area contributed by atoms with E-state index in [2.05, 4.69) is 4.98 Å². The largest absolute Gasteiger partial charge is 0.332 e. The molecule has 0 amide bonds. The highest BCUT2D eigenvalue weighted by atomic mass is 32.1. The van der Waals surface area contributed by atoms with Gasteiger partial charge < -0.3 is 9.55 Å². The zero-order valence-electron chi connectivity index (χ0n) is 12.6. The Bertz CT molecular complexity index is 1090. The molecule has 8 heteroatoms. The maximum Gasteiger partial charge on any atom is 0.332 e. The first-order valence-electron chi connectivity index (χ1n) is 6.88. The van der Waals surface area contributed by atoms with E-state index in [-0.39, 0.29) is 22.6 Å². The topological polar surface area (TPSA) is 81.8 Å². The Morgan fingerprint density at radius 2 is 1.78 bits per heavy atom. The number of rotatable bonds is 3. The van der Waals surface area contributed by atoms with Crippen LogP contribution in [0.2, 0.25) is 0 Å². The minimum absolute atomic E-state index is 0.0731. The summed E-state index contributed by atoms with van der Waals surface area (Å²) in [6, 6.07) is 8.76. The van der Waals surface area contributed by atoms with Crippen molar-refractivity contribution in [2.45, 2.75) is 6.54 Å². The molecular weight excluding hydrogens is 316 g/mol. The number of nitrogens with one attached hydrogen (secondary N) is 1. The van der Waals surface area contributed by atoms with Gasteiger partial charge in [0.15, 0.2) is 16.1 Å². The Hall–Kier alpha value is -2.74. The summed E-state index contributed by atoms with van der Waals surface area (Å²) in [6.07, 6.45) is 0. The molecular formula is C15H14N4O3S. The maximum absolute atomic E-state index is 12.4. The minimum Gasteiger partial charge on any atom is -0.316 e. The van der Waals surface area contributed by atoms with Crippen LogP contribution in [0, 0.1) is 4.77 Å². The molecule has 0 atom stereocenters. The Balaban J connectivity index is 2.22. The summed E-state index contributed by atoms with van der Waals surface area (Å²) in [6.45, 7) is -0.0731. The van der Waals surface area contributed by atoms with Crippen LogP contribution in [-0.4, -0.2) is 24.5 Å². The summed E-state index contributed by atoms with van der Waals surface area (Å²) in [4.78, 5) is 39.6. The SMILES string of the molecule is Cn1c(=O)c2c([nH]c(=S)n2CC(=O)c2ccccc2)n(C)c1=O. The van der Waals surface area contributed by atoms with Crippen LogP contribution in [0.25, 0.3) is 11.2 Å². The second-order valence-electron chi connectivity index (χ2n) is 5.21. The number of fused-ring (bicyclic) bond motifs is 1. The van der Waals surface area contributed by atoms with E-state index < -0.39 is 11.2 Å². The minimum atomic E-state index is -0.490. The van der Waals surface area contributed by atoms with Crippen LogP contribution in [0.1, 0.15) is 10.4 Å². The first-order valence-corrected chi connectivity index (χ1v) is 7.29. The zero-order valence-corrected chi connectivity index (χ0v) is 13.4. The number of benzene rings is 1. The third-order valence-corrected chi connectivity index (χ3v) is 4.10. The number of carbonyl (C=O) groups excluding carboxylic acids is 1. The van der Waals surface area contributed by atoms with Crippen LogP contribution >= 0.6 is 12.2 Å². The standard InChI is InChI=1S/C15H14N4O3S/c1-17-12-11(13(21)18(2)15(17)22)19(14(23)16-12)8-10(20)9-6-4-3-5-7-9/h3-7H,8H2,1-2H3,(H,16,23). The number of Topliss-reactive ketones (excluding diaryl/α,β-unsaturated/α-hetero) is 1. The van der Waals surface area contributed by atoms with Crippen LogP contribution < -0.4 is 11.2 Å². The summed E-state index contributed by atoms with van der Waals surface area (Å²) in [5.74, 6) is -0.168. The molecule has 1 aromatic carbocycles. The molecule has 118 valence electrons. The van der Waals surface area contributed by atoms with Crippen molar-refractivity contribution in [2.75, 3.05) is 0 Å². The molecule has 0 aliphatic carbocycles. The lowest BCUT2D eigenvalue weighted by Crippen LogP contribution is -2.37. The van der Waals surface area contributed by atoms with Crippen molar-refractivity contribution in [3.8, 4) is 0 Å². The molecule has 0 aliphatic heterocycles. The van der Waals surface area contributed by atoms with Gasteiger partial charge in [0.05, 0.1) is 6.54 Å². The van der Waals surface area contributed by atoms with Gasteiger partial charge in [0.2, 0.25) is 0 Å². The van der Waals surface area contributed by atoms with E-state index in [1.807, 2.05) is 6.07 Å². The second kappa shape index (κ2) is 5.47. The van der Waals surface area contributed by atoms with Crippen molar-refractivity contribution in [1.29, 1.82) is 0 Å². The number of hydrogen-bond donors (Lipinski definition) is 1. The quantitative estimate of drug-likeness (QED) is 0.573. The van der Waals surface area contributed by atoms with Gasteiger partial charge in [0.1, 0.15) is 5.65 Å². The average Bonchev–Trinajstić information content (AvgIpc) is 2.88. The van der Waals surface area contributed by atoms with Crippen LogP contribution in [0.4, 0.5) is 0 Å². The van der Waals surface area contributed by atoms with Gasteiger partial charge in [-0.2, -0.15) is 0 Å². The van der Waals surface area contributed by atoms with Crippen LogP contribution in [0.3, 0.4) is 0 Å². The van der Waals surface area contributed by atoms with Gasteiger partial charge in [0, 0.05) is 19.7 Å². The molecule has 0 spiro atoms. The maximum atomic E-state index is 12.4. The van der Waals surface area contributed by atoms with Crippen molar-refractivity contribution < 1.29 is 4.79 Å². The number of aromatic nitrogens is 4. The van der Waals surface area contributed by atoms with E-state index in [0.29, 0.717) is 11.2 Å². The lowest BCUT2D eigenvalue weighted by atomic mass is 10.1. The molecule has 0 saturated carbocycles. The smallest absolute Gasteiger partial charge is 0.316 e. The Morgan fingerprint density at radius 3 is 2.43 bits per heavy atom. The fraction of sp³-hybridized carbons (Fsp3) is 0.200. The highest BCUT2D eigenvalue weighted by molar-refractivity contribution is 7.71. The number of imidazole rings is 1. The number of ketones is 1. The van der Waals surface area contributed by atoms with Crippen LogP contribution in [0.5, 0.6) is 0 Å². The number of aromatic amines is 1. The highest BCUT2D eigenvalue weighted by Gasteiger charge is 2.17. The third kappa shape index (κ3) is 2.36. The van der Waals surface area contributed by atoms with Crippen molar-refractivity contribution >= 4 is 29.2 Å². The number of H-pyrrole nitrogens is 1. The van der Waals surface area contributed by atoms with Gasteiger partial charge in [-0.05, 0) is 12.2 Å². The summed E-state index contributed by atoms with van der Waals surface area (Å²) < 4.78 is 3.95. The predicted octanol–water partition coefficient (Wildman–Crippen LogP) is 0.979. The average molecular weight is 330 g/mol. The Kier molecular flexibility index (Phi) is 3.61. The van der Waals surface area contributed by atoms with Gasteiger partial charge in [-0.3, -0.25) is 18.7 Å². The van der Waals surface area contributed by atoms with E-state index in [0.717, 1.165) is 4.57 Å². The van der Waals surface area contributed by atoms with Gasteiger partial charge in [-0.15, -0.1) is 0 Å². The molecule has 0 saturated heterocycles. The van der Waals surface area contributed by atoms with E-state index >= 15 is 0 Å². The van der Waals surface area contributed by atoms with Crippen LogP contribution in [0.15, 0.2) is 39.9 Å². The highest BCUT2D eigenvalue weighted by Crippen LogP contribution is 2.10. The van der Waals surface area contributed by atoms with Gasteiger partial charge in [-0.25, -0.2) is 4.79 Å². The molecule has 0 aliphatic rings. The molecule has 23 heavy (non-hydrogen) atoms. The van der Waals surface area contributed by atoms with E-state index in [9.17, 15) is 14.4 Å². The van der Waals surface area contributed by atoms with Crippen LogP contribution in [-0.2, 0) is 20.6 Å². The molecule has 2 heterocycles. The summed E-state index contributed by atoms with van der Waals surface area (Å²) >= 11 is 5.22. The van der Waals surface area contributed by atoms with E-state index in [1.165, 1.54) is 16.2 Å². The molecule has 1 N–H and O–H groups in total. The van der Waals surface area contributed by atoms with Gasteiger partial charge in [-0.1, -0.05) is 30.3 Å². The second-order valence-corrected chi connectivity index (χ2v) is 5.60. The van der Waals surface area contributed by atoms with Crippen molar-refractivity contribution in [3.63, 3.8) is 0 Å². The van der Waals surface area contributed by atoms with E-state index in [1.54, 1.807) is 31.3 Å². The van der Waals surface area contributed by atoms with Gasteiger partial charge >= 0.3 is 5.69 Å². The number of hydrogen-bond acceptors (Lipinski definition) is 4. The Labute approximate surface area is 135 Å². The predicted molar refractivity (Wildman–Crippen MR) is 88.4 cm³/mol. The molecule has 7 nitrogen and oxygen atoms in total. The summed E-state index contributed by atoms with van der Waals surface area (Å²) in [7, 11) is 2.93. The van der Waals surface area contributed by atoms with Crippen molar-refractivity contribution in [2.24, 2.45) is 14.1 Å². The lowest BCUT2D eigenvalue weighted by molar-refractivity contribution is 0.0973. The zero-order chi connectivity index (χ0) is 16.7. The summed E-state index contributed by atoms with van der Waals surface area (Å²) in [5.41, 5.74) is 0.106.